The fraction of sp³-hybridized carbons (Fsp3) is 1.00. The van der Waals surface area contributed by atoms with Crippen molar-refractivity contribution in [1.82, 2.24) is 5.32 Å². The zero-order chi connectivity index (χ0) is 23.5. The van der Waals surface area contributed by atoms with Gasteiger partial charge in [-0.1, -0.05) is 89.0 Å². The zero-order valence-electron chi connectivity index (χ0n) is 22.7. The summed E-state index contributed by atoms with van der Waals surface area (Å²) in [6.45, 7) is 28.8. The number of thioether (sulfide) groups is 1. The van der Waals surface area contributed by atoms with Gasteiger partial charge >= 0.3 is 0 Å². The molecular weight excluding hydrogens is 386 g/mol. The third kappa shape index (κ3) is 15.1. The van der Waals surface area contributed by atoms with Crippen molar-refractivity contribution < 1.29 is 4.74 Å². The van der Waals surface area contributed by atoms with E-state index >= 15 is 0 Å². The van der Waals surface area contributed by atoms with Gasteiger partial charge in [0.25, 0.3) is 0 Å². The summed E-state index contributed by atoms with van der Waals surface area (Å²) in [7, 11) is 0. The van der Waals surface area contributed by atoms with Crippen LogP contribution in [-0.2, 0) is 4.74 Å². The summed E-state index contributed by atoms with van der Waals surface area (Å²) in [6, 6.07) is 0.607. The number of hydrogen-bond donors (Lipinski definition) is 1. The van der Waals surface area contributed by atoms with Crippen LogP contribution < -0.4 is 5.32 Å². The zero-order valence-corrected chi connectivity index (χ0v) is 23.5. The molecule has 1 N–H and O–H groups in total. The van der Waals surface area contributed by atoms with E-state index in [-0.39, 0.29) is 5.41 Å². The molecule has 1 atom stereocenters. The third-order valence-corrected chi connectivity index (χ3v) is 7.91. The quantitative estimate of drug-likeness (QED) is 0.242. The van der Waals surface area contributed by atoms with E-state index in [2.05, 4.69) is 93.2 Å². The normalized spacial score (nSPS) is 15.6. The van der Waals surface area contributed by atoms with Gasteiger partial charge in [-0.2, -0.15) is 11.8 Å². The van der Waals surface area contributed by atoms with E-state index in [0.717, 1.165) is 26.2 Å². The molecule has 0 amide bonds. The molecule has 0 aliphatic carbocycles. The fourth-order valence-corrected chi connectivity index (χ4v) is 5.08. The Bertz CT molecular complexity index is 433. The molecule has 0 aromatic carbocycles. The van der Waals surface area contributed by atoms with Crippen molar-refractivity contribution in [1.29, 1.82) is 0 Å². The van der Waals surface area contributed by atoms with E-state index < -0.39 is 0 Å². The number of unbranched alkanes of at least 4 members (excludes halogenated alkanes) is 2. The van der Waals surface area contributed by atoms with Crippen LogP contribution in [-0.4, -0.2) is 36.3 Å². The number of nitrogens with one attached hydrogen (secondary N) is 1. The minimum atomic E-state index is 0.270. The van der Waals surface area contributed by atoms with Crippen LogP contribution in [0.3, 0.4) is 0 Å². The van der Waals surface area contributed by atoms with Gasteiger partial charge in [0.05, 0.1) is 6.61 Å². The molecule has 0 aromatic heterocycles. The summed E-state index contributed by atoms with van der Waals surface area (Å²) in [5.41, 5.74) is 1.04. The lowest BCUT2D eigenvalue weighted by atomic mass is 9.64. The molecule has 0 saturated heterocycles. The Balaban J connectivity index is 4.31. The van der Waals surface area contributed by atoms with E-state index in [0.29, 0.717) is 21.6 Å². The van der Waals surface area contributed by atoms with Crippen LogP contribution in [0.5, 0.6) is 0 Å². The predicted molar refractivity (Wildman–Crippen MR) is 140 cm³/mol. The van der Waals surface area contributed by atoms with Crippen LogP contribution in [0.2, 0.25) is 0 Å². The van der Waals surface area contributed by atoms with E-state index in [1.54, 1.807) is 0 Å². The summed E-state index contributed by atoms with van der Waals surface area (Å²) in [5, 5.41) is 3.54. The van der Waals surface area contributed by atoms with Gasteiger partial charge in [-0.05, 0) is 60.6 Å². The Morgan fingerprint density at radius 3 is 1.93 bits per heavy atom. The minimum absolute atomic E-state index is 0.270. The fourth-order valence-electron chi connectivity index (χ4n) is 3.69. The summed E-state index contributed by atoms with van der Waals surface area (Å²) < 4.78 is 6.21. The summed E-state index contributed by atoms with van der Waals surface area (Å²) in [4.78, 5) is 0. The van der Waals surface area contributed by atoms with Crippen LogP contribution in [0, 0.1) is 16.2 Å². The van der Waals surface area contributed by atoms with Gasteiger partial charge < -0.3 is 10.1 Å². The van der Waals surface area contributed by atoms with E-state index in [1.807, 2.05) is 0 Å². The lowest BCUT2D eigenvalue weighted by Crippen LogP contribution is -2.34. The van der Waals surface area contributed by atoms with E-state index in [9.17, 15) is 0 Å². The highest BCUT2D eigenvalue weighted by Gasteiger charge is 2.36. The van der Waals surface area contributed by atoms with E-state index in [1.165, 1.54) is 44.3 Å². The maximum Gasteiger partial charge on any atom is 0.0514 e. The molecular formula is C27H57NOS. The molecule has 0 aliphatic heterocycles. The molecule has 0 fully saturated rings. The number of rotatable bonds is 16. The molecule has 30 heavy (non-hydrogen) atoms. The molecule has 0 heterocycles. The summed E-state index contributed by atoms with van der Waals surface area (Å²) >= 11 is 2.17. The highest BCUT2D eigenvalue weighted by Crippen LogP contribution is 2.47. The number of ether oxygens (including phenoxy) is 1. The van der Waals surface area contributed by atoms with Crippen molar-refractivity contribution in [3.8, 4) is 0 Å². The van der Waals surface area contributed by atoms with Crippen molar-refractivity contribution in [3.63, 3.8) is 0 Å². The lowest BCUT2D eigenvalue weighted by molar-refractivity contribution is 0.0680. The van der Waals surface area contributed by atoms with Crippen molar-refractivity contribution >= 4 is 11.8 Å². The molecule has 0 radical (unpaired) electrons. The summed E-state index contributed by atoms with van der Waals surface area (Å²) in [5.74, 6) is 1.26. The Morgan fingerprint density at radius 1 is 0.767 bits per heavy atom. The van der Waals surface area contributed by atoms with E-state index in [4.69, 9.17) is 4.74 Å². The average Bonchev–Trinajstić information content (AvgIpc) is 2.55. The first kappa shape index (κ1) is 30.3. The molecule has 182 valence electrons. The van der Waals surface area contributed by atoms with Crippen molar-refractivity contribution in [3.05, 3.63) is 0 Å². The molecule has 0 bridgehead atoms. The topological polar surface area (TPSA) is 21.3 Å². The van der Waals surface area contributed by atoms with Gasteiger partial charge in [-0.25, -0.2) is 0 Å². The van der Waals surface area contributed by atoms with Gasteiger partial charge in [-0.3, -0.25) is 0 Å². The molecule has 0 spiro atoms. The maximum atomic E-state index is 5.87. The smallest absolute Gasteiger partial charge is 0.0514 e. The second kappa shape index (κ2) is 13.7. The summed E-state index contributed by atoms with van der Waals surface area (Å²) in [6.07, 6.45) is 9.06. The second-order valence-electron chi connectivity index (χ2n) is 12.8. The van der Waals surface area contributed by atoms with Gasteiger partial charge in [0.15, 0.2) is 0 Å². The Kier molecular flexibility index (Phi) is 13.9. The minimum Gasteiger partial charge on any atom is -0.381 e. The molecule has 0 rings (SSSR count). The highest BCUT2D eigenvalue weighted by molar-refractivity contribution is 8.00. The maximum absolute atomic E-state index is 5.87. The average molecular weight is 444 g/mol. The first-order valence-electron chi connectivity index (χ1n) is 12.5. The first-order chi connectivity index (χ1) is 13.6. The van der Waals surface area contributed by atoms with Crippen LogP contribution in [0.1, 0.15) is 121 Å². The van der Waals surface area contributed by atoms with Crippen LogP contribution >= 0.6 is 11.8 Å². The molecule has 2 nitrogen and oxygen atoms in total. The molecule has 0 aliphatic rings. The van der Waals surface area contributed by atoms with Crippen molar-refractivity contribution in [2.45, 2.75) is 132 Å². The Hall–Kier alpha value is 0.270. The van der Waals surface area contributed by atoms with Crippen molar-refractivity contribution in [2.24, 2.45) is 16.2 Å². The van der Waals surface area contributed by atoms with Gasteiger partial charge in [-0.15, -0.1) is 0 Å². The monoisotopic (exact) mass is 443 g/mol. The largest absolute Gasteiger partial charge is 0.381 e. The molecule has 0 saturated carbocycles. The van der Waals surface area contributed by atoms with Gasteiger partial charge in [0.1, 0.15) is 0 Å². The van der Waals surface area contributed by atoms with Crippen LogP contribution in [0.4, 0.5) is 0 Å². The molecule has 0 aromatic rings. The number of hydrogen-bond acceptors (Lipinski definition) is 3. The first-order valence-corrected chi connectivity index (χ1v) is 13.5. The van der Waals surface area contributed by atoms with Gasteiger partial charge in [0, 0.05) is 17.4 Å². The molecule has 3 heteroatoms. The SMILES string of the molecule is CC(C)NCCCCCC(C)(CCSC(C)(C)CCCOCC(C)(C)C)C(C)(C)C. The highest BCUT2D eigenvalue weighted by atomic mass is 32.2. The van der Waals surface area contributed by atoms with Crippen LogP contribution in [0.25, 0.3) is 0 Å². The third-order valence-electron chi connectivity index (χ3n) is 6.52. The Labute approximate surface area is 195 Å². The Morgan fingerprint density at radius 2 is 1.40 bits per heavy atom. The van der Waals surface area contributed by atoms with Crippen LogP contribution in [0.15, 0.2) is 0 Å². The lowest BCUT2D eigenvalue weighted by Gasteiger charge is -2.43. The predicted octanol–water partition coefficient (Wildman–Crippen LogP) is 8.34. The standard InChI is InChI=1S/C27H57NOS/c1-23(2)28-19-14-12-13-17-27(11,25(6,7)8)18-21-30-26(9,10)16-15-20-29-22-24(3,4)5/h23,28H,12-22H2,1-11H3. The molecule has 1 unspecified atom stereocenters. The van der Waals surface area contributed by atoms with Crippen molar-refractivity contribution in [2.75, 3.05) is 25.5 Å². The van der Waals surface area contributed by atoms with Gasteiger partial charge in [0.2, 0.25) is 0 Å². The second-order valence-corrected chi connectivity index (χ2v) is 14.6.